The topological polar surface area (TPSA) is 32.8 Å². The maximum Gasteiger partial charge on any atom is 0.141 e. The monoisotopic (exact) mass is 924 g/mol. The zero-order valence-electron chi connectivity index (χ0n) is 40.5. The van der Waals surface area contributed by atoms with Crippen molar-refractivity contribution in [2.45, 2.75) is 38.5 Å². The van der Waals surface area contributed by atoms with Gasteiger partial charge in [-0.25, -0.2) is 0 Å². The van der Waals surface area contributed by atoms with Gasteiger partial charge in [-0.2, -0.15) is 0 Å². The van der Waals surface area contributed by atoms with Crippen LogP contribution in [-0.4, -0.2) is 0 Å². The molecule has 0 saturated carbocycles. The van der Waals surface area contributed by atoms with E-state index in [0.717, 1.165) is 66.6 Å². The number of nitrogens with zero attached hydrogens (tertiary/aromatic N) is 2. The highest BCUT2D eigenvalue weighted by atomic mass is 16.3. The molecule has 11 aromatic carbocycles. The number of fused-ring (bicyclic) bond motifs is 14. The first-order valence-corrected chi connectivity index (χ1v) is 25.1. The summed E-state index contributed by atoms with van der Waals surface area (Å²) in [5.74, 6) is 0. The number of benzene rings is 11. The van der Waals surface area contributed by atoms with E-state index < -0.39 is 10.8 Å². The van der Waals surface area contributed by atoms with E-state index in [-0.39, 0.29) is 0 Å². The van der Waals surface area contributed by atoms with Crippen LogP contribution in [0, 0.1) is 0 Å². The first kappa shape index (κ1) is 41.0. The first-order valence-electron chi connectivity index (χ1n) is 25.1. The van der Waals surface area contributed by atoms with Gasteiger partial charge in [0.2, 0.25) is 0 Å². The van der Waals surface area contributed by atoms with E-state index in [1.165, 1.54) is 77.4 Å². The van der Waals surface area contributed by atoms with Crippen LogP contribution in [0.3, 0.4) is 0 Å². The Morgan fingerprint density at radius 2 is 0.653 bits per heavy atom. The van der Waals surface area contributed by atoms with Gasteiger partial charge in [0.05, 0.1) is 22.7 Å². The van der Waals surface area contributed by atoms with Gasteiger partial charge in [-0.05, 0) is 140 Å². The minimum absolute atomic E-state index is 0.394. The Labute approximate surface area is 417 Å². The van der Waals surface area contributed by atoms with Crippen LogP contribution in [0.1, 0.15) is 49.9 Å². The lowest BCUT2D eigenvalue weighted by Crippen LogP contribution is -2.30. The molecule has 0 aliphatic carbocycles. The molecule has 13 aromatic rings. The van der Waals surface area contributed by atoms with Gasteiger partial charge in [0, 0.05) is 54.9 Å². The summed E-state index contributed by atoms with van der Waals surface area (Å²) in [5, 5.41) is 9.13. The third kappa shape index (κ3) is 5.81. The van der Waals surface area contributed by atoms with Crippen LogP contribution in [0.25, 0.3) is 87.7 Å². The van der Waals surface area contributed by atoms with Gasteiger partial charge in [0.15, 0.2) is 0 Å². The fourth-order valence-electron chi connectivity index (χ4n) is 12.5. The fourth-order valence-corrected chi connectivity index (χ4v) is 12.5. The van der Waals surface area contributed by atoms with Crippen LogP contribution in [0.5, 0.6) is 0 Å². The summed E-state index contributed by atoms with van der Waals surface area (Å²) in [5.41, 5.74) is 19.2. The fraction of sp³-hybridized carbons (Fsp3) is 0.0882. The molecule has 4 nitrogen and oxygen atoms in total. The summed E-state index contributed by atoms with van der Waals surface area (Å²) < 4.78 is 14.5. The molecule has 0 spiro atoms. The van der Waals surface area contributed by atoms with Crippen molar-refractivity contribution < 1.29 is 8.83 Å². The molecule has 4 heterocycles. The second kappa shape index (κ2) is 14.8. The van der Waals surface area contributed by atoms with Crippen molar-refractivity contribution in [1.82, 2.24) is 0 Å². The zero-order chi connectivity index (χ0) is 48.0. The molecule has 0 unspecified atom stereocenters. The van der Waals surface area contributed by atoms with Crippen molar-refractivity contribution >= 4 is 99.5 Å². The summed E-state index contributed by atoms with van der Waals surface area (Å²) in [6.45, 7) is 9.42. The molecule has 342 valence electrons. The van der Waals surface area contributed by atoms with E-state index in [1.807, 2.05) is 0 Å². The quantitative estimate of drug-likeness (QED) is 0.176. The van der Waals surface area contributed by atoms with E-state index in [1.54, 1.807) is 0 Å². The predicted octanol–water partition coefficient (Wildman–Crippen LogP) is 19.3. The summed E-state index contributed by atoms with van der Waals surface area (Å²) in [6.07, 6.45) is 0. The van der Waals surface area contributed by atoms with Crippen molar-refractivity contribution in [3.05, 3.63) is 241 Å². The van der Waals surface area contributed by atoms with Gasteiger partial charge in [0.1, 0.15) is 22.3 Å². The normalized spacial score (nSPS) is 14.6. The maximum atomic E-state index is 7.26. The number of hydrogen-bond acceptors (Lipinski definition) is 4. The molecule has 4 heteroatoms. The lowest BCUT2D eigenvalue weighted by molar-refractivity contribution is 0.601. The highest BCUT2D eigenvalue weighted by Crippen LogP contribution is 2.58. The van der Waals surface area contributed by atoms with Crippen LogP contribution in [0.4, 0.5) is 34.1 Å². The molecule has 0 amide bonds. The minimum Gasteiger partial charge on any atom is -0.456 e. The SMILES string of the molecule is CC1(C)c2cc3ccccc3cc2N(c2ccc(-c3ccccc3)cc2)c2ccc3c(oc4cc5c(cc43)oc3c4c(ccc35)N(c3ccc(-c5ccccc5)cc3)c3cc5ccccc5cc3C4(C)C)c21. The van der Waals surface area contributed by atoms with E-state index in [2.05, 4.69) is 256 Å². The molecule has 0 radical (unpaired) electrons. The van der Waals surface area contributed by atoms with Crippen molar-refractivity contribution in [3.8, 4) is 22.3 Å². The molecule has 0 bridgehead atoms. The van der Waals surface area contributed by atoms with Gasteiger partial charge in [-0.1, -0.05) is 161 Å². The van der Waals surface area contributed by atoms with E-state index in [0.29, 0.717) is 0 Å². The van der Waals surface area contributed by atoms with Crippen LogP contribution in [0.15, 0.2) is 227 Å². The zero-order valence-corrected chi connectivity index (χ0v) is 40.5. The van der Waals surface area contributed by atoms with Gasteiger partial charge >= 0.3 is 0 Å². The summed E-state index contributed by atoms with van der Waals surface area (Å²) in [4.78, 5) is 4.88. The molecule has 2 aliphatic heterocycles. The Morgan fingerprint density at radius 1 is 0.306 bits per heavy atom. The summed E-state index contributed by atoms with van der Waals surface area (Å²) in [7, 11) is 0. The predicted molar refractivity (Wildman–Crippen MR) is 301 cm³/mol. The highest BCUT2D eigenvalue weighted by Gasteiger charge is 2.42. The second-order valence-corrected chi connectivity index (χ2v) is 20.9. The Morgan fingerprint density at radius 3 is 1.04 bits per heavy atom. The Balaban J connectivity index is 0.916. The van der Waals surface area contributed by atoms with Gasteiger partial charge in [0.25, 0.3) is 0 Å². The standard InChI is InChI=1S/C68H48N2O2/c1-67(2)55-35-45-19-11-13-21-47(45)37-59(55)69(49-27-23-43(24-28-49)41-15-7-5-8-16-41)57-33-31-51-53-39-62-54(40-61(53)71-65(51)63(57)67)52-32-34-58-64(66(52)72-62)68(3,4)56-36-46-20-12-14-22-48(46)38-60(56)70(58)50-29-25-44(26-30-50)42-17-9-6-10-18-42/h5-40H,1-4H3. The first-order chi connectivity index (χ1) is 35.2. The average molecular weight is 925 g/mol. The van der Waals surface area contributed by atoms with Crippen molar-refractivity contribution in [1.29, 1.82) is 0 Å². The Hall–Kier alpha value is -8.86. The lowest BCUT2D eigenvalue weighted by Gasteiger charge is -2.42. The molecule has 0 atom stereocenters. The molecule has 0 saturated heterocycles. The van der Waals surface area contributed by atoms with Crippen LogP contribution >= 0.6 is 0 Å². The van der Waals surface area contributed by atoms with Crippen molar-refractivity contribution in [2.24, 2.45) is 0 Å². The van der Waals surface area contributed by atoms with Gasteiger partial charge < -0.3 is 18.6 Å². The second-order valence-electron chi connectivity index (χ2n) is 20.9. The lowest BCUT2D eigenvalue weighted by atomic mass is 9.72. The van der Waals surface area contributed by atoms with E-state index >= 15 is 0 Å². The molecule has 0 fully saturated rings. The molecule has 2 aromatic heterocycles. The third-order valence-electron chi connectivity index (χ3n) is 16.1. The number of anilines is 6. The van der Waals surface area contributed by atoms with Crippen molar-refractivity contribution in [2.75, 3.05) is 9.80 Å². The highest BCUT2D eigenvalue weighted by molar-refractivity contribution is 6.18. The number of hydrogen-bond donors (Lipinski definition) is 0. The Bertz CT molecular complexity index is 4090. The van der Waals surface area contributed by atoms with Crippen LogP contribution in [0.2, 0.25) is 0 Å². The number of rotatable bonds is 4. The molecular formula is C68H48N2O2. The minimum atomic E-state index is -0.394. The van der Waals surface area contributed by atoms with Crippen LogP contribution in [-0.2, 0) is 10.8 Å². The molecule has 72 heavy (non-hydrogen) atoms. The van der Waals surface area contributed by atoms with E-state index in [9.17, 15) is 0 Å². The molecule has 15 rings (SSSR count). The van der Waals surface area contributed by atoms with E-state index in [4.69, 9.17) is 8.83 Å². The molecule has 2 aliphatic rings. The smallest absolute Gasteiger partial charge is 0.141 e. The largest absolute Gasteiger partial charge is 0.456 e. The van der Waals surface area contributed by atoms with Gasteiger partial charge in [-0.15, -0.1) is 0 Å². The van der Waals surface area contributed by atoms with Crippen molar-refractivity contribution in [3.63, 3.8) is 0 Å². The van der Waals surface area contributed by atoms with Crippen LogP contribution < -0.4 is 9.80 Å². The maximum absolute atomic E-state index is 7.26. The third-order valence-corrected chi connectivity index (χ3v) is 16.1. The Kier molecular flexibility index (Phi) is 8.44. The average Bonchev–Trinajstić information content (AvgIpc) is 3.97. The number of furan rings is 2. The summed E-state index contributed by atoms with van der Waals surface area (Å²) in [6, 6.07) is 79.7. The van der Waals surface area contributed by atoms with Gasteiger partial charge in [-0.3, -0.25) is 0 Å². The summed E-state index contributed by atoms with van der Waals surface area (Å²) >= 11 is 0. The molecular weight excluding hydrogens is 877 g/mol. The molecule has 0 N–H and O–H groups in total.